The van der Waals surface area contributed by atoms with Crippen LogP contribution in [0.5, 0.6) is 17.2 Å². The van der Waals surface area contributed by atoms with Gasteiger partial charge in [-0.1, -0.05) is 0 Å². The average molecular weight is 947 g/mol. The number of nitrogens with one attached hydrogen (secondary N) is 3. The highest BCUT2D eigenvalue weighted by atomic mass is 32.2. The molecule has 0 saturated heterocycles. The molecule has 330 valence electrons. The molecule has 0 aromatic heterocycles. The van der Waals surface area contributed by atoms with Crippen molar-refractivity contribution in [1.29, 1.82) is 0 Å². The maximum absolute atomic E-state index is 13.5. The van der Waals surface area contributed by atoms with Gasteiger partial charge >= 0.3 is 6.03 Å². The summed E-state index contributed by atoms with van der Waals surface area (Å²) in [5.41, 5.74) is 1.32. The minimum Gasteiger partial charge on any atom is -0.507 e. The number of rotatable bonds is 12. The zero-order valence-corrected chi connectivity index (χ0v) is 35.4. The summed E-state index contributed by atoms with van der Waals surface area (Å²) in [6, 6.07) is 11.9. The molecule has 0 aliphatic heterocycles. The number of carbonyl (C=O) groups excluding carboxylic acids is 2. The number of benzene rings is 5. The summed E-state index contributed by atoms with van der Waals surface area (Å²) < 4.78 is 145. The molecule has 5 aromatic carbocycles. The summed E-state index contributed by atoms with van der Waals surface area (Å²) in [4.78, 5) is 23.7. The molecule has 5 aromatic rings. The van der Waals surface area contributed by atoms with Crippen LogP contribution in [0.4, 0.5) is 33.2 Å². The number of methoxy groups -OCH3 is 2. The molecule has 0 atom stereocenters. The standard InChI is InChI=1S/C36H30N6O17S4/c1-17-8-26(31(59-3)16-25(17)39-41-28-14-22(61(49,50)51)10-19-11-23(62(52,53)54)15-29(43)33(19)28)38-36(45)37-20-4-6-24-18(9-20)12-32(63(55,56)57)34(35(24)44)42-40-27-13-21(60(46,47)48)5-7-30(27)58-2/h4-16,40,43H,1-3H3,(H2,37,38,45)(H,46,47,48)(H,49,50,51)(H,52,53,54)(H,55,56,57)/b41-39?,42-34-. The van der Waals surface area contributed by atoms with Crippen LogP contribution in [0.1, 0.15) is 21.5 Å². The predicted molar refractivity (Wildman–Crippen MR) is 224 cm³/mol. The largest absolute Gasteiger partial charge is 0.507 e. The Bertz CT molecular complexity index is 3350. The lowest BCUT2D eigenvalue weighted by Gasteiger charge is -2.18. The van der Waals surface area contributed by atoms with E-state index < -0.39 is 83.3 Å². The van der Waals surface area contributed by atoms with E-state index in [1.807, 2.05) is 0 Å². The number of fused-ring (bicyclic) bond motifs is 2. The molecule has 0 fully saturated rings. The third-order valence-corrected chi connectivity index (χ3v) is 12.3. The zero-order valence-electron chi connectivity index (χ0n) is 32.1. The maximum Gasteiger partial charge on any atom is 0.323 e. The van der Waals surface area contributed by atoms with Crippen molar-refractivity contribution in [1.82, 2.24) is 0 Å². The van der Waals surface area contributed by atoms with Crippen LogP contribution in [0.2, 0.25) is 0 Å². The highest BCUT2D eigenvalue weighted by Crippen LogP contribution is 2.40. The Labute approximate surface area is 356 Å². The third-order valence-electron chi connectivity index (χ3n) is 8.91. The number of aromatic hydroxyl groups is 1. The Morgan fingerprint density at radius 3 is 1.87 bits per heavy atom. The monoisotopic (exact) mass is 946 g/mol. The topological polar surface area (TPSA) is 363 Å². The van der Waals surface area contributed by atoms with Crippen molar-refractivity contribution in [2.24, 2.45) is 15.3 Å². The Morgan fingerprint density at radius 2 is 1.27 bits per heavy atom. The van der Waals surface area contributed by atoms with Gasteiger partial charge in [0.25, 0.3) is 40.5 Å². The number of amides is 2. The lowest BCUT2D eigenvalue weighted by molar-refractivity contribution is 0.106. The second-order valence-corrected chi connectivity index (χ2v) is 18.7. The summed E-state index contributed by atoms with van der Waals surface area (Å²) in [5, 5.41) is 27.2. The molecule has 63 heavy (non-hydrogen) atoms. The van der Waals surface area contributed by atoms with Crippen molar-refractivity contribution in [2.75, 3.05) is 30.3 Å². The number of hydrazone groups is 1. The van der Waals surface area contributed by atoms with E-state index in [9.17, 15) is 66.6 Å². The summed E-state index contributed by atoms with van der Waals surface area (Å²) in [6.07, 6.45) is 0.904. The first-order chi connectivity index (χ1) is 29.3. The zero-order chi connectivity index (χ0) is 46.4. The van der Waals surface area contributed by atoms with Crippen molar-refractivity contribution >= 4 is 103 Å². The number of carbonyl (C=O) groups is 2. The number of phenols is 1. The van der Waals surface area contributed by atoms with Crippen LogP contribution in [0.25, 0.3) is 16.8 Å². The van der Waals surface area contributed by atoms with Crippen LogP contribution in [-0.4, -0.2) is 88.7 Å². The molecule has 8 N–H and O–H groups in total. The molecule has 0 saturated carbocycles. The Kier molecular flexibility index (Phi) is 12.2. The Balaban J connectivity index is 1.26. The van der Waals surface area contributed by atoms with Gasteiger partial charge in [0.05, 0.1) is 57.0 Å². The minimum absolute atomic E-state index is 0.0152. The van der Waals surface area contributed by atoms with Gasteiger partial charge in [-0.2, -0.15) is 43.9 Å². The highest BCUT2D eigenvalue weighted by molar-refractivity contribution is 7.91. The first-order valence-electron chi connectivity index (χ1n) is 17.1. The van der Waals surface area contributed by atoms with Crippen molar-refractivity contribution in [3.8, 4) is 17.2 Å². The molecule has 0 spiro atoms. The fraction of sp³-hybridized carbons (Fsp3) is 0.0833. The molecule has 1 aliphatic rings. The van der Waals surface area contributed by atoms with Crippen LogP contribution in [-0.2, 0) is 40.5 Å². The molecule has 0 unspecified atom stereocenters. The number of aryl methyl sites for hydroxylation is 1. The second-order valence-electron chi connectivity index (χ2n) is 13.1. The average Bonchev–Trinajstić information content (AvgIpc) is 3.18. The van der Waals surface area contributed by atoms with Gasteiger partial charge in [0.15, 0.2) is 5.71 Å². The van der Waals surface area contributed by atoms with Crippen LogP contribution in [0.15, 0.2) is 108 Å². The van der Waals surface area contributed by atoms with E-state index in [0.717, 1.165) is 42.5 Å². The fourth-order valence-electron chi connectivity index (χ4n) is 6.01. The van der Waals surface area contributed by atoms with E-state index in [-0.39, 0.29) is 61.8 Å². The Hall–Kier alpha value is -6.85. The molecule has 0 bridgehead atoms. The number of hydrogen-bond donors (Lipinski definition) is 8. The molecule has 2 amide bonds. The van der Waals surface area contributed by atoms with Crippen LogP contribution in [0.3, 0.4) is 0 Å². The number of Topliss-reactive ketones (excluding diaryl/α,β-unsaturated/α-hetero) is 1. The van der Waals surface area contributed by atoms with Gasteiger partial charge in [-0.25, -0.2) is 4.79 Å². The van der Waals surface area contributed by atoms with Gasteiger partial charge in [-0.3, -0.25) is 28.4 Å². The highest BCUT2D eigenvalue weighted by Gasteiger charge is 2.33. The Morgan fingerprint density at radius 1 is 0.651 bits per heavy atom. The number of ketones is 1. The van der Waals surface area contributed by atoms with E-state index in [1.165, 1.54) is 44.6 Å². The van der Waals surface area contributed by atoms with Gasteiger partial charge in [-0.15, -0.1) is 5.11 Å². The van der Waals surface area contributed by atoms with Gasteiger partial charge < -0.3 is 25.2 Å². The van der Waals surface area contributed by atoms with Gasteiger partial charge in [0.2, 0.25) is 5.78 Å². The first-order valence-corrected chi connectivity index (χ1v) is 22.9. The fourth-order valence-corrected chi connectivity index (χ4v) is 8.25. The number of hydrogen-bond acceptors (Lipinski definition) is 17. The molecular weight excluding hydrogens is 917 g/mol. The van der Waals surface area contributed by atoms with Crippen LogP contribution in [0, 0.1) is 6.92 Å². The first kappa shape index (κ1) is 45.7. The maximum atomic E-state index is 13.5. The molecule has 6 rings (SSSR count). The number of phenolic OH excluding ortho intramolecular Hbond substituents is 1. The van der Waals surface area contributed by atoms with E-state index in [2.05, 4.69) is 31.4 Å². The molecule has 1 aliphatic carbocycles. The number of allylic oxidation sites excluding steroid dienone is 1. The molecule has 23 nitrogen and oxygen atoms in total. The summed E-state index contributed by atoms with van der Waals surface area (Å²) >= 11 is 0. The van der Waals surface area contributed by atoms with Crippen molar-refractivity contribution in [3.05, 3.63) is 94.4 Å². The summed E-state index contributed by atoms with van der Waals surface area (Å²) in [6.45, 7) is 1.54. The SMILES string of the molecule is COc1ccc(S(=O)(=O)O)cc1N/N=C1\C(=O)c2ccc(NC(=O)Nc3cc(C)c(N=Nc4cc(S(=O)(=O)O)cc5cc(S(=O)(=O)O)cc(O)c45)cc3OC)cc2C=C1S(=O)(=O)O. The molecule has 0 heterocycles. The lowest BCUT2D eigenvalue weighted by Crippen LogP contribution is -2.27. The normalized spacial score (nSPS) is 14.0. The van der Waals surface area contributed by atoms with Crippen molar-refractivity contribution in [3.63, 3.8) is 0 Å². The smallest absolute Gasteiger partial charge is 0.323 e. The number of ether oxygens (including phenoxy) is 2. The number of nitrogens with zero attached hydrogens (tertiary/aromatic N) is 3. The quantitative estimate of drug-likeness (QED) is 0.0431. The number of azo groups is 1. The molecule has 27 heteroatoms. The van der Waals surface area contributed by atoms with Gasteiger partial charge in [0.1, 0.15) is 22.2 Å². The summed E-state index contributed by atoms with van der Waals surface area (Å²) in [5.74, 6) is -1.74. The lowest BCUT2D eigenvalue weighted by atomic mass is 9.94. The molecule has 0 radical (unpaired) electrons. The van der Waals surface area contributed by atoms with Crippen LogP contribution >= 0.6 is 0 Å². The third kappa shape index (κ3) is 9.95. The number of anilines is 3. The molecular formula is C36H30N6O17S4. The van der Waals surface area contributed by atoms with E-state index in [4.69, 9.17) is 9.47 Å². The van der Waals surface area contributed by atoms with Crippen molar-refractivity contribution in [2.45, 2.75) is 21.6 Å². The van der Waals surface area contributed by atoms with E-state index in [0.29, 0.717) is 11.6 Å². The number of urea groups is 1. The van der Waals surface area contributed by atoms with Crippen LogP contribution < -0.4 is 25.5 Å². The minimum atomic E-state index is -5.14. The van der Waals surface area contributed by atoms with Crippen molar-refractivity contribution < 1.29 is 76.1 Å². The van der Waals surface area contributed by atoms with Gasteiger partial charge in [-0.05, 0) is 90.2 Å². The van der Waals surface area contributed by atoms with E-state index in [1.54, 1.807) is 6.92 Å². The summed E-state index contributed by atoms with van der Waals surface area (Å²) in [7, 11) is -17.1. The second kappa shape index (κ2) is 16.8. The van der Waals surface area contributed by atoms with E-state index >= 15 is 0 Å². The van der Waals surface area contributed by atoms with Gasteiger partial charge in [0, 0.05) is 23.4 Å². The predicted octanol–water partition coefficient (Wildman–Crippen LogP) is 5.56.